The number of nitrogens with one attached hydrogen (secondary N) is 1. The molecule has 1 aromatic heterocycles. The van der Waals surface area contributed by atoms with E-state index in [9.17, 15) is 14.4 Å². The summed E-state index contributed by atoms with van der Waals surface area (Å²) in [7, 11) is 3.27. The predicted molar refractivity (Wildman–Crippen MR) is 138 cm³/mol. The molecule has 0 spiro atoms. The zero-order chi connectivity index (χ0) is 25.5. The number of carbonyl (C=O) groups is 2. The van der Waals surface area contributed by atoms with Gasteiger partial charge in [-0.2, -0.15) is 0 Å². The molecule has 0 radical (unpaired) electrons. The number of pyridine rings is 1. The van der Waals surface area contributed by atoms with E-state index in [0.29, 0.717) is 38.5 Å². The fourth-order valence-corrected chi connectivity index (χ4v) is 4.81. The van der Waals surface area contributed by atoms with Crippen molar-refractivity contribution in [2.24, 2.45) is 0 Å². The van der Waals surface area contributed by atoms with Gasteiger partial charge in [0, 0.05) is 38.2 Å². The van der Waals surface area contributed by atoms with Crippen molar-refractivity contribution in [3.8, 4) is 5.75 Å². The molecule has 2 aromatic rings. The number of allylic oxidation sites excluding steroid dienone is 1. The fourth-order valence-electron chi connectivity index (χ4n) is 4.81. The average molecular weight is 494 g/mol. The molecular weight excluding hydrogens is 458 g/mol. The van der Waals surface area contributed by atoms with Crippen LogP contribution in [0.15, 0.2) is 53.1 Å². The molecule has 4 rings (SSSR count). The van der Waals surface area contributed by atoms with Gasteiger partial charge in [-0.15, -0.1) is 0 Å². The van der Waals surface area contributed by atoms with Crippen molar-refractivity contribution in [3.05, 3.63) is 75.2 Å². The number of ether oxygens (including phenoxy) is 2. The molecule has 2 heterocycles. The number of likely N-dealkylation sites (N-methyl/N-ethyl adjacent to an activating group) is 1. The van der Waals surface area contributed by atoms with Crippen molar-refractivity contribution in [3.63, 3.8) is 0 Å². The molecule has 1 aliphatic heterocycles. The van der Waals surface area contributed by atoms with Crippen molar-refractivity contribution in [1.82, 2.24) is 14.8 Å². The van der Waals surface area contributed by atoms with E-state index in [1.807, 2.05) is 24.3 Å². The highest BCUT2D eigenvalue weighted by Gasteiger charge is 2.28. The van der Waals surface area contributed by atoms with Gasteiger partial charge in [-0.1, -0.05) is 29.8 Å². The minimum absolute atomic E-state index is 0.0260. The molecule has 1 saturated heterocycles. The van der Waals surface area contributed by atoms with Crippen molar-refractivity contribution in [2.45, 2.75) is 51.1 Å². The molecule has 2 aliphatic rings. The van der Waals surface area contributed by atoms with Gasteiger partial charge in [-0.05, 0) is 44.6 Å². The Morgan fingerprint density at radius 2 is 2.00 bits per heavy atom. The molecule has 0 saturated carbocycles. The van der Waals surface area contributed by atoms with Crippen LogP contribution in [-0.2, 0) is 11.3 Å². The second-order valence-electron chi connectivity index (χ2n) is 9.45. The zero-order valence-electron chi connectivity index (χ0n) is 21.1. The average Bonchev–Trinajstić information content (AvgIpc) is 3.45. The van der Waals surface area contributed by atoms with E-state index < -0.39 is 17.2 Å². The Balaban J connectivity index is 1.61. The lowest BCUT2D eigenvalue weighted by Gasteiger charge is -2.23. The van der Waals surface area contributed by atoms with Crippen LogP contribution in [-0.4, -0.2) is 61.2 Å². The molecule has 0 unspecified atom stereocenters. The van der Waals surface area contributed by atoms with Crippen LogP contribution in [0.5, 0.6) is 5.75 Å². The normalized spacial score (nSPS) is 17.4. The van der Waals surface area contributed by atoms with E-state index in [4.69, 9.17) is 9.47 Å². The first-order valence-corrected chi connectivity index (χ1v) is 12.6. The third-order valence-electron chi connectivity index (χ3n) is 6.99. The Kier molecular flexibility index (Phi) is 8.59. The molecule has 1 aliphatic carbocycles. The fraction of sp³-hybridized carbons (Fsp3) is 0.464. The number of aromatic nitrogens is 1. The van der Waals surface area contributed by atoms with Gasteiger partial charge in [0.25, 0.3) is 11.8 Å². The molecule has 1 N–H and O–H groups in total. The summed E-state index contributed by atoms with van der Waals surface area (Å²) >= 11 is 0. The van der Waals surface area contributed by atoms with Gasteiger partial charge < -0.3 is 24.3 Å². The molecule has 0 bridgehead atoms. The number of benzene rings is 1. The van der Waals surface area contributed by atoms with Crippen molar-refractivity contribution >= 4 is 11.8 Å². The lowest BCUT2D eigenvalue weighted by molar-refractivity contribution is 0.0709. The van der Waals surface area contributed by atoms with Crippen LogP contribution in [0.1, 0.15) is 64.8 Å². The number of nitrogens with zero attached hydrogens (tertiary/aromatic N) is 2. The second-order valence-corrected chi connectivity index (χ2v) is 9.45. The maximum absolute atomic E-state index is 13.4. The third-order valence-corrected chi connectivity index (χ3v) is 6.99. The summed E-state index contributed by atoms with van der Waals surface area (Å²) in [5, 5.41) is 2.89. The number of rotatable bonds is 9. The van der Waals surface area contributed by atoms with Gasteiger partial charge in [0.2, 0.25) is 5.43 Å². The van der Waals surface area contributed by atoms with Crippen molar-refractivity contribution in [2.75, 3.05) is 33.9 Å². The summed E-state index contributed by atoms with van der Waals surface area (Å²) in [6.07, 6.45) is 11.3. The number of hydrogen-bond acceptors (Lipinski definition) is 5. The van der Waals surface area contributed by atoms with Gasteiger partial charge in [-0.25, -0.2) is 0 Å². The lowest BCUT2D eigenvalue weighted by Crippen LogP contribution is -2.41. The van der Waals surface area contributed by atoms with Crippen LogP contribution >= 0.6 is 0 Å². The van der Waals surface area contributed by atoms with Crippen molar-refractivity contribution < 1.29 is 19.1 Å². The van der Waals surface area contributed by atoms with Gasteiger partial charge in [0.15, 0.2) is 0 Å². The Morgan fingerprint density at radius 3 is 2.72 bits per heavy atom. The van der Waals surface area contributed by atoms with E-state index in [1.54, 1.807) is 23.6 Å². The maximum atomic E-state index is 13.4. The number of hydrogen-bond donors (Lipinski definition) is 1. The highest BCUT2D eigenvalue weighted by atomic mass is 16.5. The summed E-state index contributed by atoms with van der Waals surface area (Å²) < 4.78 is 12.6. The monoisotopic (exact) mass is 493 g/mol. The van der Waals surface area contributed by atoms with Crippen molar-refractivity contribution in [1.29, 1.82) is 0 Å². The van der Waals surface area contributed by atoms with E-state index in [1.165, 1.54) is 30.8 Å². The summed E-state index contributed by atoms with van der Waals surface area (Å²) in [6.45, 7) is 1.81. The summed E-state index contributed by atoms with van der Waals surface area (Å²) in [5.41, 5.74) is 1.59. The van der Waals surface area contributed by atoms with E-state index in [-0.39, 0.29) is 17.2 Å². The molecule has 1 fully saturated rings. The Morgan fingerprint density at radius 1 is 1.19 bits per heavy atom. The highest BCUT2D eigenvalue weighted by molar-refractivity contribution is 5.99. The topological polar surface area (TPSA) is 89.9 Å². The molecule has 192 valence electrons. The summed E-state index contributed by atoms with van der Waals surface area (Å²) in [5.74, 6) is -0.186. The van der Waals surface area contributed by atoms with Crippen LogP contribution in [0.25, 0.3) is 0 Å². The lowest BCUT2D eigenvalue weighted by atomic mass is 9.97. The molecule has 1 atom stereocenters. The largest absolute Gasteiger partial charge is 0.496 e. The number of para-hydroxylation sites is 1. The maximum Gasteiger partial charge on any atom is 0.259 e. The smallest absolute Gasteiger partial charge is 0.259 e. The minimum atomic E-state index is -0.559. The van der Waals surface area contributed by atoms with Gasteiger partial charge >= 0.3 is 0 Å². The van der Waals surface area contributed by atoms with E-state index in [2.05, 4.69) is 11.4 Å². The Labute approximate surface area is 211 Å². The third kappa shape index (κ3) is 6.05. The summed E-state index contributed by atoms with van der Waals surface area (Å²) in [4.78, 5) is 41.4. The van der Waals surface area contributed by atoms with Crippen LogP contribution in [0.2, 0.25) is 0 Å². The molecule has 1 aromatic carbocycles. The quantitative estimate of drug-likeness (QED) is 0.541. The minimum Gasteiger partial charge on any atom is -0.496 e. The summed E-state index contributed by atoms with van der Waals surface area (Å²) in [6, 6.07) is 7.44. The Bertz CT molecular complexity index is 1180. The van der Waals surface area contributed by atoms with Crippen LogP contribution < -0.4 is 15.5 Å². The molecular formula is C28H35N3O5. The standard InChI is InChI=1S/C28H35N3O5/c1-30(22-13-15-36-19-22)28(34)24-18-31(16-21-10-6-7-11-25(21)35-2)17-23(26(24)32)27(33)29-14-12-20-8-4-3-5-9-20/h6-8,10-11,17-18,22H,3-5,9,12-16,19H2,1-2H3,(H,29,33)/t22-/m1/s1. The molecule has 2 amide bonds. The van der Waals surface area contributed by atoms with Gasteiger partial charge in [-0.3, -0.25) is 14.4 Å². The number of amides is 2. The Hall–Kier alpha value is -3.39. The van der Waals surface area contributed by atoms with Crippen LogP contribution in [0, 0.1) is 0 Å². The van der Waals surface area contributed by atoms with Crippen LogP contribution in [0.4, 0.5) is 0 Å². The van der Waals surface area contributed by atoms with Gasteiger partial charge in [0.05, 0.1) is 26.3 Å². The predicted octanol–water partition coefficient (Wildman–Crippen LogP) is 3.39. The number of carbonyl (C=O) groups excluding carboxylic acids is 2. The molecule has 36 heavy (non-hydrogen) atoms. The first-order chi connectivity index (χ1) is 17.5. The van der Waals surface area contributed by atoms with E-state index in [0.717, 1.165) is 24.8 Å². The first kappa shape index (κ1) is 25.7. The first-order valence-electron chi connectivity index (χ1n) is 12.6. The molecule has 8 nitrogen and oxygen atoms in total. The zero-order valence-corrected chi connectivity index (χ0v) is 21.1. The van der Waals surface area contributed by atoms with Gasteiger partial charge in [0.1, 0.15) is 16.9 Å². The number of methoxy groups -OCH3 is 1. The molecule has 8 heteroatoms. The van der Waals surface area contributed by atoms with E-state index >= 15 is 0 Å². The van der Waals surface area contributed by atoms with Crippen LogP contribution in [0.3, 0.4) is 0 Å². The highest BCUT2D eigenvalue weighted by Crippen LogP contribution is 2.21. The SMILES string of the molecule is COc1ccccc1Cn1cc(C(=O)NCCC2=CCCCC2)c(=O)c(C(=O)N(C)[C@@H]2CCOC2)c1. The second kappa shape index (κ2) is 12.0.